The number of nitrogens with two attached hydrogens (primary N) is 1. The summed E-state index contributed by atoms with van der Waals surface area (Å²) >= 11 is 0. The smallest absolute Gasteiger partial charge is 0.250 e. The summed E-state index contributed by atoms with van der Waals surface area (Å²) in [4.78, 5) is 14.8. The van der Waals surface area contributed by atoms with Crippen molar-refractivity contribution in [2.24, 2.45) is 16.6 Å². The summed E-state index contributed by atoms with van der Waals surface area (Å²) in [6, 6.07) is 0. The molecule has 0 spiro atoms. The van der Waals surface area contributed by atoms with Crippen LogP contribution in [0.25, 0.3) is 0 Å². The van der Waals surface area contributed by atoms with Crippen molar-refractivity contribution in [1.82, 2.24) is 0 Å². The quantitative estimate of drug-likeness (QED) is 0.488. The van der Waals surface area contributed by atoms with Crippen molar-refractivity contribution in [3.05, 3.63) is 0 Å². The summed E-state index contributed by atoms with van der Waals surface area (Å²) in [6.45, 7) is 2.02. The summed E-state index contributed by atoms with van der Waals surface area (Å²) in [7, 11) is 0. The van der Waals surface area contributed by atoms with Crippen LogP contribution in [0, 0.1) is 5.92 Å². The molecule has 0 saturated heterocycles. The molecule has 1 aliphatic rings. The maximum absolute atomic E-state index is 11.0. The molecule has 0 aromatic rings. The normalized spacial score (nSPS) is 18.5. The van der Waals surface area contributed by atoms with Crippen LogP contribution in [0.5, 0.6) is 0 Å². The van der Waals surface area contributed by atoms with E-state index in [9.17, 15) is 4.79 Å². The first-order chi connectivity index (χ1) is 5.24. The van der Waals surface area contributed by atoms with Crippen LogP contribution in [0.4, 0.5) is 0 Å². The molecule has 1 fully saturated rings. The van der Waals surface area contributed by atoms with Crippen LogP contribution in [0.3, 0.4) is 0 Å². The van der Waals surface area contributed by atoms with Crippen molar-refractivity contribution in [2.45, 2.75) is 32.6 Å². The van der Waals surface area contributed by atoms with E-state index in [1.54, 1.807) is 0 Å². The van der Waals surface area contributed by atoms with Gasteiger partial charge < -0.3 is 5.73 Å². The van der Waals surface area contributed by atoms with Crippen LogP contribution < -0.4 is 5.73 Å². The van der Waals surface area contributed by atoms with Gasteiger partial charge in [0.25, 0.3) is 0 Å². The zero-order valence-corrected chi connectivity index (χ0v) is 6.84. The topological polar surface area (TPSA) is 55.4 Å². The molecule has 0 aromatic carbocycles. The number of nitrogens with zero attached hydrogens (tertiary/aromatic N) is 1. The highest BCUT2D eigenvalue weighted by atomic mass is 16.1. The number of rotatable bonds is 3. The Morgan fingerprint density at radius 2 is 2.27 bits per heavy atom. The Labute approximate surface area is 66.7 Å². The monoisotopic (exact) mass is 154 g/mol. The Hall–Kier alpha value is -0.860. The van der Waals surface area contributed by atoms with E-state index in [0.717, 1.165) is 25.7 Å². The Kier molecular flexibility index (Phi) is 2.63. The fraction of sp³-hybridized carbons (Fsp3) is 0.750. The number of amides is 1. The average molecular weight is 154 g/mol. The molecular formula is C8H14N2O. The number of hydrogen-bond acceptors (Lipinski definition) is 1. The number of carbonyl (C=O) groups excluding carboxylic acids is 1. The lowest BCUT2D eigenvalue weighted by Gasteiger charge is -1.94. The van der Waals surface area contributed by atoms with Gasteiger partial charge in [-0.15, -0.1) is 0 Å². The van der Waals surface area contributed by atoms with Crippen LogP contribution in [0.1, 0.15) is 32.6 Å². The zero-order valence-electron chi connectivity index (χ0n) is 6.84. The molecule has 0 unspecified atom stereocenters. The second-order valence-electron chi connectivity index (χ2n) is 2.97. The molecule has 1 aliphatic carbocycles. The fourth-order valence-corrected chi connectivity index (χ4v) is 0.875. The summed E-state index contributed by atoms with van der Waals surface area (Å²) in [6.07, 6.45) is 3.69. The largest absolute Gasteiger partial charge is 0.387 e. The van der Waals surface area contributed by atoms with Crippen molar-refractivity contribution >= 4 is 11.7 Å². The van der Waals surface area contributed by atoms with E-state index in [1.807, 2.05) is 6.92 Å². The van der Waals surface area contributed by atoms with E-state index in [-0.39, 0.29) is 11.8 Å². The highest BCUT2D eigenvalue weighted by Crippen LogP contribution is 2.30. The molecule has 0 aliphatic heterocycles. The van der Waals surface area contributed by atoms with Crippen LogP contribution in [0.15, 0.2) is 4.99 Å². The third-order valence-corrected chi connectivity index (χ3v) is 1.69. The highest BCUT2D eigenvalue weighted by molar-refractivity contribution is 5.95. The lowest BCUT2D eigenvalue weighted by Crippen LogP contribution is -2.14. The molecule has 2 N–H and O–H groups in total. The van der Waals surface area contributed by atoms with Crippen molar-refractivity contribution < 1.29 is 4.79 Å². The van der Waals surface area contributed by atoms with Gasteiger partial charge in [-0.3, -0.25) is 4.79 Å². The molecule has 1 amide bonds. The molecule has 0 bridgehead atoms. The fourth-order valence-electron chi connectivity index (χ4n) is 0.875. The molecule has 0 aromatic heterocycles. The molecule has 62 valence electrons. The molecule has 0 radical (unpaired) electrons. The second-order valence-corrected chi connectivity index (χ2v) is 2.97. The van der Waals surface area contributed by atoms with Gasteiger partial charge in [0.2, 0.25) is 5.91 Å². The average Bonchev–Trinajstić information content (AvgIpc) is 2.67. The molecule has 1 saturated carbocycles. The van der Waals surface area contributed by atoms with Gasteiger partial charge in [-0.1, -0.05) is 6.92 Å². The Morgan fingerprint density at radius 1 is 1.64 bits per heavy atom. The third kappa shape index (κ3) is 2.70. The van der Waals surface area contributed by atoms with E-state index in [1.165, 1.54) is 0 Å². The zero-order chi connectivity index (χ0) is 8.27. The summed E-state index contributed by atoms with van der Waals surface area (Å²) < 4.78 is 0. The summed E-state index contributed by atoms with van der Waals surface area (Å²) in [5, 5.41) is 0. The number of hydrogen-bond donors (Lipinski definition) is 1. The minimum Gasteiger partial charge on any atom is -0.387 e. The van der Waals surface area contributed by atoms with Crippen LogP contribution in [-0.2, 0) is 4.79 Å². The van der Waals surface area contributed by atoms with Crippen LogP contribution >= 0.6 is 0 Å². The number of aliphatic imine (C=N–C) groups is 1. The van der Waals surface area contributed by atoms with E-state index < -0.39 is 0 Å². The highest BCUT2D eigenvalue weighted by Gasteiger charge is 2.29. The lowest BCUT2D eigenvalue weighted by molar-refractivity contribution is -0.118. The summed E-state index contributed by atoms with van der Waals surface area (Å²) in [5.41, 5.74) is 5.48. The maximum atomic E-state index is 11.0. The van der Waals surface area contributed by atoms with E-state index in [4.69, 9.17) is 5.73 Å². The maximum Gasteiger partial charge on any atom is 0.250 e. The standard InChI is InChI=1S/C8H14N2O/c1-2-3-7(9)10-8(11)6-4-5-6/h6H,2-5H2,1H3,(H2,9,10,11). The second kappa shape index (κ2) is 3.51. The molecular weight excluding hydrogens is 140 g/mol. The Morgan fingerprint density at radius 3 is 2.73 bits per heavy atom. The van der Waals surface area contributed by atoms with E-state index in [0.29, 0.717) is 5.84 Å². The first-order valence-electron chi connectivity index (χ1n) is 4.11. The molecule has 11 heavy (non-hydrogen) atoms. The molecule has 0 atom stereocenters. The van der Waals surface area contributed by atoms with E-state index >= 15 is 0 Å². The van der Waals surface area contributed by atoms with Crippen LogP contribution in [-0.4, -0.2) is 11.7 Å². The molecule has 3 nitrogen and oxygen atoms in total. The molecule has 1 rings (SSSR count). The van der Waals surface area contributed by atoms with Gasteiger partial charge >= 0.3 is 0 Å². The first kappa shape index (κ1) is 8.24. The predicted octanol–water partition coefficient (Wildman–Crippen LogP) is 1.08. The van der Waals surface area contributed by atoms with Crippen LogP contribution in [0.2, 0.25) is 0 Å². The Bertz CT molecular complexity index is 183. The Balaban J connectivity index is 2.35. The van der Waals surface area contributed by atoms with E-state index in [2.05, 4.69) is 4.99 Å². The third-order valence-electron chi connectivity index (χ3n) is 1.69. The lowest BCUT2D eigenvalue weighted by atomic mass is 10.3. The van der Waals surface area contributed by atoms with Crippen molar-refractivity contribution in [2.75, 3.05) is 0 Å². The van der Waals surface area contributed by atoms with Gasteiger partial charge in [-0.05, 0) is 19.3 Å². The van der Waals surface area contributed by atoms with Gasteiger partial charge in [0.05, 0.1) is 0 Å². The van der Waals surface area contributed by atoms with Gasteiger partial charge in [-0.2, -0.15) is 0 Å². The number of amidine groups is 1. The van der Waals surface area contributed by atoms with Gasteiger partial charge in [-0.25, -0.2) is 4.99 Å². The van der Waals surface area contributed by atoms with Crippen molar-refractivity contribution in [3.63, 3.8) is 0 Å². The molecule has 3 heteroatoms. The van der Waals surface area contributed by atoms with Gasteiger partial charge in [0, 0.05) is 12.3 Å². The number of carbonyl (C=O) groups is 1. The SMILES string of the molecule is CCCC(N)=NC(=O)C1CC1. The minimum absolute atomic E-state index is 0.0176. The predicted molar refractivity (Wildman–Crippen MR) is 44.3 cm³/mol. The van der Waals surface area contributed by atoms with Crippen molar-refractivity contribution in [1.29, 1.82) is 0 Å². The molecule has 0 heterocycles. The van der Waals surface area contributed by atoms with Gasteiger partial charge in [0.15, 0.2) is 0 Å². The van der Waals surface area contributed by atoms with Crippen molar-refractivity contribution in [3.8, 4) is 0 Å². The first-order valence-corrected chi connectivity index (χ1v) is 4.11. The minimum atomic E-state index is -0.0176. The van der Waals surface area contributed by atoms with Gasteiger partial charge in [0.1, 0.15) is 5.84 Å². The summed E-state index contributed by atoms with van der Waals surface area (Å²) in [5.74, 6) is 0.672.